The highest BCUT2D eigenvalue weighted by atomic mass is 32.1. The summed E-state index contributed by atoms with van der Waals surface area (Å²) in [5, 5.41) is 4.91. The Kier molecular flexibility index (Phi) is 6.47. The Morgan fingerprint density at radius 2 is 1.77 bits per heavy atom. The average Bonchev–Trinajstić information content (AvgIpc) is 3.47. The SMILES string of the molecule is O=C1NCCN(C(=O)c2cccs2)CCCN(C(=O)c2ccccc2)[C@H]2CCC[C@@H]12. The van der Waals surface area contributed by atoms with Gasteiger partial charge in [0.05, 0.1) is 10.8 Å². The van der Waals surface area contributed by atoms with Crippen LogP contribution in [0.5, 0.6) is 0 Å². The lowest BCUT2D eigenvalue weighted by Gasteiger charge is -2.33. The van der Waals surface area contributed by atoms with Gasteiger partial charge in [-0.1, -0.05) is 30.7 Å². The molecule has 6 nitrogen and oxygen atoms in total. The van der Waals surface area contributed by atoms with Crippen molar-refractivity contribution in [3.05, 3.63) is 58.3 Å². The van der Waals surface area contributed by atoms with Crippen molar-refractivity contribution < 1.29 is 14.4 Å². The summed E-state index contributed by atoms with van der Waals surface area (Å²) in [6.07, 6.45) is 3.28. The van der Waals surface area contributed by atoms with Gasteiger partial charge in [-0.3, -0.25) is 14.4 Å². The van der Waals surface area contributed by atoms with Crippen LogP contribution in [0.3, 0.4) is 0 Å². The average molecular weight is 426 g/mol. The van der Waals surface area contributed by atoms with Gasteiger partial charge in [-0.2, -0.15) is 0 Å². The Morgan fingerprint density at radius 1 is 0.933 bits per heavy atom. The number of rotatable bonds is 2. The molecule has 1 saturated heterocycles. The highest BCUT2D eigenvalue weighted by Gasteiger charge is 2.39. The Hall–Kier alpha value is -2.67. The van der Waals surface area contributed by atoms with Crippen LogP contribution in [0.2, 0.25) is 0 Å². The summed E-state index contributed by atoms with van der Waals surface area (Å²) in [4.78, 5) is 43.4. The molecule has 0 spiro atoms. The number of hydrogen-bond donors (Lipinski definition) is 1. The number of thiophene rings is 1. The predicted molar refractivity (Wildman–Crippen MR) is 116 cm³/mol. The van der Waals surface area contributed by atoms with E-state index in [1.807, 2.05) is 52.7 Å². The number of amides is 3. The molecule has 4 rings (SSSR count). The maximum absolute atomic E-state index is 13.3. The molecular weight excluding hydrogens is 398 g/mol. The number of hydrogen-bond acceptors (Lipinski definition) is 4. The third-order valence-corrected chi connectivity index (χ3v) is 6.88. The zero-order valence-corrected chi connectivity index (χ0v) is 17.8. The van der Waals surface area contributed by atoms with E-state index in [2.05, 4.69) is 5.32 Å². The largest absolute Gasteiger partial charge is 0.354 e. The van der Waals surface area contributed by atoms with Gasteiger partial charge in [-0.05, 0) is 42.8 Å². The van der Waals surface area contributed by atoms with Crippen molar-refractivity contribution in [3.63, 3.8) is 0 Å². The summed E-state index contributed by atoms with van der Waals surface area (Å²) in [6, 6.07) is 12.9. The van der Waals surface area contributed by atoms with Crippen LogP contribution in [0.4, 0.5) is 0 Å². The molecule has 3 amide bonds. The number of carbonyl (C=O) groups is 3. The van der Waals surface area contributed by atoms with Gasteiger partial charge in [-0.15, -0.1) is 11.3 Å². The molecule has 1 aromatic heterocycles. The normalized spacial score (nSPS) is 22.7. The van der Waals surface area contributed by atoms with Crippen LogP contribution in [0.15, 0.2) is 47.8 Å². The Bertz CT molecular complexity index is 884. The van der Waals surface area contributed by atoms with E-state index in [4.69, 9.17) is 0 Å². The molecule has 0 bridgehead atoms. The van der Waals surface area contributed by atoms with E-state index in [9.17, 15) is 14.4 Å². The summed E-state index contributed by atoms with van der Waals surface area (Å²) in [6.45, 7) is 2.01. The van der Waals surface area contributed by atoms with E-state index < -0.39 is 0 Å². The molecule has 158 valence electrons. The third-order valence-electron chi connectivity index (χ3n) is 6.03. The lowest BCUT2D eigenvalue weighted by atomic mass is 9.99. The molecule has 2 fully saturated rings. The Morgan fingerprint density at radius 3 is 2.53 bits per heavy atom. The molecule has 2 aromatic rings. The minimum Gasteiger partial charge on any atom is -0.354 e. The molecule has 0 radical (unpaired) electrons. The highest BCUT2D eigenvalue weighted by molar-refractivity contribution is 7.12. The number of carbonyl (C=O) groups excluding carboxylic acids is 3. The monoisotopic (exact) mass is 425 g/mol. The van der Waals surface area contributed by atoms with Crippen LogP contribution in [-0.2, 0) is 4.79 Å². The van der Waals surface area contributed by atoms with E-state index in [1.165, 1.54) is 11.3 Å². The number of fused-ring (bicyclic) bond motifs is 1. The van der Waals surface area contributed by atoms with Gasteiger partial charge in [-0.25, -0.2) is 0 Å². The fourth-order valence-electron chi connectivity index (χ4n) is 4.53. The minimum atomic E-state index is -0.183. The first-order valence-electron chi connectivity index (χ1n) is 10.6. The van der Waals surface area contributed by atoms with E-state index in [-0.39, 0.29) is 29.7 Å². The first kappa shape index (κ1) is 20.6. The van der Waals surface area contributed by atoms with Crippen molar-refractivity contribution in [1.82, 2.24) is 15.1 Å². The van der Waals surface area contributed by atoms with Gasteiger partial charge in [0.1, 0.15) is 0 Å². The summed E-state index contributed by atoms with van der Waals surface area (Å²) in [5.74, 6) is -0.235. The lowest BCUT2D eigenvalue weighted by molar-refractivity contribution is -0.126. The number of nitrogens with zero attached hydrogens (tertiary/aromatic N) is 2. The molecule has 2 heterocycles. The van der Waals surface area contributed by atoms with Crippen molar-refractivity contribution in [1.29, 1.82) is 0 Å². The molecule has 1 aromatic carbocycles. The molecule has 2 atom stereocenters. The van der Waals surface area contributed by atoms with E-state index >= 15 is 0 Å². The van der Waals surface area contributed by atoms with Crippen LogP contribution in [0, 0.1) is 5.92 Å². The fraction of sp³-hybridized carbons (Fsp3) is 0.435. The Balaban J connectivity index is 1.56. The fourth-order valence-corrected chi connectivity index (χ4v) is 5.22. The standard InChI is InChI=1S/C23H27N3O3S/c27-21-18-9-4-10-19(18)26(22(28)17-7-2-1-3-8-17)14-6-13-25(15-12-24-21)23(29)20-11-5-16-30-20/h1-3,5,7-8,11,16,18-19H,4,6,9-10,12-15H2,(H,24,27)/t18-,19+/m1/s1. The second kappa shape index (κ2) is 9.43. The lowest BCUT2D eigenvalue weighted by Crippen LogP contribution is -2.47. The van der Waals surface area contributed by atoms with E-state index in [0.717, 1.165) is 19.3 Å². The maximum Gasteiger partial charge on any atom is 0.263 e. The van der Waals surface area contributed by atoms with Crippen LogP contribution < -0.4 is 5.32 Å². The zero-order valence-electron chi connectivity index (χ0n) is 17.0. The summed E-state index contributed by atoms with van der Waals surface area (Å²) < 4.78 is 0. The molecule has 1 saturated carbocycles. The van der Waals surface area contributed by atoms with Gasteiger partial charge in [0.25, 0.3) is 11.8 Å². The van der Waals surface area contributed by atoms with Gasteiger partial charge < -0.3 is 15.1 Å². The summed E-state index contributed by atoms with van der Waals surface area (Å²) >= 11 is 1.42. The van der Waals surface area contributed by atoms with Crippen LogP contribution in [0.1, 0.15) is 45.7 Å². The van der Waals surface area contributed by atoms with Gasteiger partial charge in [0.15, 0.2) is 0 Å². The smallest absolute Gasteiger partial charge is 0.263 e. The molecular formula is C23H27N3O3S. The number of benzene rings is 1. The minimum absolute atomic E-state index is 0.00576. The molecule has 7 heteroatoms. The predicted octanol–water partition coefficient (Wildman–Crippen LogP) is 3.02. The highest BCUT2D eigenvalue weighted by Crippen LogP contribution is 2.31. The third kappa shape index (κ3) is 4.41. The summed E-state index contributed by atoms with van der Waals surface area (Å²) in [5.41, 5.74) is 0.643. The molecule has 0 unspecified atom stereocenters. The van der Waals surface area contributed by atoms with Crippen molar-refractivity contribution in [2.24, 2.45) is 5.92 Å². The van der Waals surface area contributed by atoms with Crippen molar-refractivity contribution >= 4 is 29.1 Å². The van der Waals surface area contributed by atoms with Gasteiger partial charge in [0.2, 0.25) is 5.91 Å². The van der Waals surface area contributed by atoms with Crippen molar-refractivity contribution in [2.45, 2.75) is 31.7 Å². The number of nitrogens with one attached hydrogen (secondary N) is 1. The molecule has 30 heavy (non-hydrogen) atoms. The topological polar surface area (TPSA) is 69.7 Å². The van der Waals surface area contributed by atoms with Crippen LogP contribution in [-0.4, -0.2) is 59.7 Å². The second-order valence-electron chi connectivity index (χ2n) is 7.88. The van der Waals surface area contributed by atoms with E-state index in [0.29, 0.717) is 43.0 Å². The first-order valence-corrected chi connectivity index (χ1v) is 11.5. The van der Waals surface area contributed by atoms with Crippen molar-refractivity contribution in [3.8, 4) is 0 Å². The summed E-state index contributed by atoms with van der Waals surface area (Å²) in [7, 11) is 0. The van der Waals surface area contributed by atoms with Crippen molar-refractivity contribution in [2.75, 3.05) is 26.2 Å². The molecule has 1 aliphatic heterocycles. The molecule has 1 aliphatic carbocycles. The maximum atomic E-state index is 13.3. The Labute approximate surface area is 180 Å². The first-order chi connectivity index (χ1) is 14.6. The van der Waals surface area contributed by atoms with Crippen LogP contribution in [0.25, 0.3) is 0 Å². The molecule has 1 N–H and O–H groups in total. The quantitative estimate of drug-likeness (QED) is 0.804. The van der Waals surface area contributed by atoms with E-state index in [1.54, 1.807) is 4.90 Å². The van der Waals surface area contributed by atoms with Gasteiger partial charge in [0, 0.05) is 37.8 Å². The zero-order chi connectivity index (χ0) is 20.9. The van der Waals surface area contributed by atoms with Crippen LogP contribution >= 0.6 is 11.3 Å². The van der Waals surface area contributed by atoms with Gasteiger partial charge >= 0.3 is 0 Å². The molecule has 2 aliphatic rings. The second-order valence-corrected chi connectivity index (χ2v) is 8.83.